The van der Waals surface area contributed by atoms with Gasteiger partial charge in [0.2, 0.25) is 0 Å². The predicted octanol–water partition coefficient (Wildman–Crippen LogP) is 1.79. The van der Waals surface area contributed by atoms with Crippen molar-refractivity contribution in [3.05, 3.63) is 34.4 Å². The Morgan fingerprint density at radius 2 is 1.62 bits per heavy atom. The average molecular weight is 176 g/mol. The maximum absolute atomic E-state index is 5.44. The zero-order chi connectivity index (χ0) is 8.67. The summed E-state index contributed by atoms with van der Waals surface area (Å²) in [6.45, 7) is 3.24. The van der Waals surface area contributed by atoms with Crippen LogP contribution in [0.1, 0.15) is 22.3 Å². The van der Waals surface area contributed by atoms with Gasteiger partial charge in [0.25, 0.3) is 0 Å². The second kappa shape index (κ2) is 2.82. The van der Waals surface area contributed by atoms with Crippen LogP contribution in [0.3, 0.4) is 0 Å². The normalized spacial score (nSPS) is 19.7. The van der Waals surface area contributed by atoms with E-state index in [1.807, 2.05) is 0 Å². The molecule has 0 N–H and O–H groups in total. The standard InChI is InChI=1S/C11H12O2/c1-2-9-6-13-7-11(9)10-3-4-12-5-8(1)10/h1-2H,3-7H2. The molecule has 2 aliphatic rings. The molecule has 0 atom stereocenters. The highest BCUT2D eigenvalue weighted by Gasteiger charge is 2.19. The van der Waals surface area contributed by atoms with E-state index in [1.54, 1.807) is 0 Å². The Labute approximate surface area is 77.5 Å². The van der Waals surface area contributed by atoms with E-state index < -0.39 is 0 Å². The van der Waals surface area contributed by atoms with Crippen LogP contribution in [0, 0.1) is 0 Å². The van der Waals surface area contributed by atoms with Gasteiger partial charge in [-0.25, -0.2) is 0 Å². The Bertz CT molecular complexity index is 344. The summed E-state index contributed by atoms with van der Waals surface area (Å²) in [6, 6.07) is 4.36. The summed E-state index contributed by atoms with van der Waals surface area (Å²) in [4.78, 5) is 0. The molecule has 2 heterocycles. The molecule has 0 aliphatic carbocycles. The Kier molecular flexibility index (Phi) is 1.64. The van der Waals surface area contributed by atoms with Gasteiger partial charge in [0.15, 0.2) is 0 Å². The van der Waals surface area contributed by atoms with Crippen LogP contribution in [-0.2, 0) is 35.7 Å². The van der Waals surface area contributed by atoms with E-state index in [4.69, 9.17) is 9.47 Å². The summed E-state index contributed by atoms with van der Waals surface area (Å²) in [7, 11) is 0. The number of rotatable bonds is 0. The van der Waals surface area contributed by atoms with Crippen LogP contribution in [0.15, 0.2) is 12.1 Å². The van der Waals surface area contributed by atoms with Crippen molar-refractivity contribution in [1.29, 1.82) is 0 Å². The van der Waals surface area contributed by atoms with Crippen molar-refractivity contribution >= 4 is 0 Å². The molecule has 0 fully saturated rings. The molecular formula is C11H12O2. The van der Waals surface area contributed by atoms with Crippen LogP contribution < -0.4 is 0 Å². The van der Waals surface area contributed by atoms with E-state index in [0.717, 1.165) is 32.8 Å². The first-order valence-corrected chi connectivity index (χ1v) is 4.73. The summed E-state index contributed by atoms with van der Waals surface area (Å²) < 4.78 is 10.9. The van der Waals surface area contributed by atoms with Crippen molar-refractivity contribution in [2.45, 2.75) is 26.2 Å². The van der Waals surface area contributed by atoms with Gasteiger partial charge >= 0.3 is 0 Å². The average Bonchev–Trinajstić information content (AvgIpc) is 2.65. The molecule has 0 saturated heterocycles. The van der Waals surface area contributed by atoms with Crippen LogP contribution in [-0.4, -0.2) is 6.61 Å². The Hall–Kier alpha value is -0.860. The topological polar surface area (TPSA) is 18.5 Å². The van der Waals surface area contributed by atoms with Gasteiger partial charge in [0.05, 0.1) is 26.4 Å². The third kappa shape index (κ3) is 1.10. The van der Waals surface area contributed by atoms with Gasteiger partial charge in [-0.1, -0.05) is 12.1 Å². The summed E-state index contributed by atoms with van der Waals surface area (Å²) in [5.74, 6) is 0. The van der Waals surface area contributed by atoms with E-state index in [2.05, 4.69) is 12.1 Å². The van der Waals surface area contributed by atoms with E-state index >= 15 is 0 Å². The van der Waals surface area contributed by atoms with Crippen molar-refractivity contribution in [3.8, 4) is 0 Å². The molecule has 0 amide bonds. The van der Waals surface area contributed by atoms with Gasteiger partial charge < -0.3 is 9.47 Å². The Morgan fingerprint density at radius 3 is 2.54 bits per heavy atom. The lowest BCUT2D eigenvalue weighted by atomic mass is 9.95. The molecule has 3 rings (SSSR count). The molecule has 2 heteroatoms. The molecule has 0 unspecified atom stereocenters. The van der Waals surface area contributed by atoms with Gasteiger partial charge in [0, 0.05) is 0 Å². The molecule has 2 aliphatic heterocycles. The Morgan fingerprint density at radius 1 is 0.846 bits per heavy atom. The molecule has 0 saturated carbocycles. The predicted molar refractivity (Wildman–Crippen MR) is 48.3 cm³/mol. The smallest absolute Gasteiger partial charge is 0.0727 e. The van der Waals surface area contributed by atoms with Crippen LogP contribution >= 0.6 is 0 Å². The zero-order valence-electron chi connectivity index (χ0n) is 7.51. The molecule has 0 aromatic heterocycles. The summed E-state index contributed by atoms with van der Waals surface area (Å²) in [6.07, 6.45) is 1.06. The van der Waals surface area contributed by atoms with Gasteiger partial charge in [-0.15, -0.1) is 0 Å². The highest BCUT2D eigenvalue weighted by molar-refractivity contribution is 5.42. The van der Waals surface area contributed by atoms with E-state index in [0.29, 0.717) is 0 Å². The molecule has 13 heavy (non-hydrogen) atoms. The van der Waals surface area contributed by atoms with Crippen LogP contribution in [0.4, 0.5) is 0 Å². The molecule has 0 radical (unpaired) electrons. The van der Waals surface area contributed by atoms with Crippen molar-refractivity contribution in [2.24, 2.45) is 0 Å². The first-order valence-electron chi connectivity index (χ1n) is 4.73. The van der Waals surface area contributed by atoms with Crippen molar-refractivity contribution in [3.63, 3.8) is 0 Å². The fourth-order valence-electron chi connectivity index (χ4n) is 2.17. The minimum Gasteiger partial charge on any atom is -0.376 e. The first-order chi connectivity index (χ1) is 6.45. The molecule has 1 aromatic carbocycles. The highest BCUT2D eigenvalue weighted by Crippen LogP contribution is 2.29. The highest BCUT2D eigenvalue weighted by atomic mass is 16.5. The monoisotopic (exact) mass is 176 g/mol. The summed E-state index contributed by atoms with van der Waals surface area (Å²) in [5, 5.41) is 0. The lowest BCUT2D eigenvalue weighted by molar-refractivity contribution is 0.109. The molecule has 0 bridgehead atoms. The molecule has 68 valence electrons. The van der Waals surface area contributed by atoms with Crippen LogP contribution in [0.25, 0.3) is 0 Å². The van der Waals surface area contributed by atoms with Gasteiger partial charge in [-0.05, 0) is 28.7 Å². The van der Waals surface area contributed by atoms with Gasteiger partial charge in [-0.2, -0.15) is 0 Å². The minimum atomic E-state index is 0.780. The molecular weight excluding hydrogens is 164 g/mol. The summed E-state index contributed by atoms with van der Waals surface area (Å²) in [5.41, 5.74) is 5.65. The number of ether oxygens (including phenoxy) is 2. The van der Waals surface area contributed by atoms with E-state index in [-0.39, 0.29) is 0 Å². The number of hydrogen-bond donors (Lipinski definition) is 0. The van der Waals surface area contributed by atoms with Gasteiger partial charge in [-0.3, -0.25) is 0 Å². The third-order valence-electron chi connectivity index (χ3n) is 2.88. The number of fused-ring (bicyclic) bond motifs is 3. The van der Waals surface area contributed by atoms with Crippen LogP contribution in [0.5, 0.6) is 0 Å². The molecule has 2 nitrogen and oxygen atoms in total. The minimum absolute atomic E-state index is 0.780. The van der Waals surface area contributed by atoms with Crippen LogP contribution in [0.2, 0.25) is 0 Å². The largest absolute Gasteiger partial charge is 0.376 e. The number of hydrogen-bond acceptors (Lipinski definition) is 2. The third-order valence-corrected chi connectivity index (χ3v) is 2.88. The van der Waals surface area contributed by atoms with Gasteiger partial charge in [0.1, 0.15) is 0 Å². The fraction of sp³-hybridized carbons (Fsp3) is 0.455. The lowest BCUT2D eigenvalue weighted by Crippen LogP contribution is -2.12. The quantitative estimate of drug-likeness (QED) is 0.600. The second-order valence-electron chi connectivity index (χ2n) is 3.64. The van der Waals surface area contributed by atoms with Crippen molar-refractivity contribution in [2.75, 3.05) is 6.61 Å². The first kappa shape index (κ1) is 7.54. The van der Waals surface area contributed by atoms with Crippen molar-refractivity contribution in [1.82, 2.24) is 0 Å². The van der Waals surface area contributed by atoms with E-state index in [1.165, 1.54) is 22.3 Å². The maximum atomic E-state index is 5.44. The lowest BCUT2D eigenvalue weighted by Gasteiger charge is -2.18. The van der Waals surface area contributed by atoms with Crippen molar-refractivity contribution < 1.29 is 9.47 Å². The SMILES string of the molecule is c1cc2c(c3c1COCC3)COC2. The zero-order valence-corrected chi connectivity index (χ0v) is 7.51. The molecule has 0 spiro atoms. The number of benzene rings is 1. The fourth-order valence-corrected chi connectivity index (χ4v) is 2.17. The molecule has 1 aromatic rings. The van der Waals surface area contributed by atoms with E-state index in [9.17, 15) is 0 Å². The second-order valence-corrected chi connectivity index (χ2v) is 3.64. The summed E-state index contributed by atoms with van der Waals surface area (Å²) >= 11 is 0. The maximum Gasteiger partial charge on any atom is 0.0727 e. The Balaban J connectivity index is 2.17.